The molecule has 4 nitrogen and oxygen atoms in total. The van der Waals surface area contributed by atoms with Gasteiger partial charge < -0.3 is 20.1 Å². The summed E-state index contributed by atoms with van der Waals surface area (Å²) in [7, 11) is 3.97. The molecule has 1 aromatic rings. The number of nitrogens with zero attached hydrogens (tertiary/aromatic N) is 1. The molecule has 0 spiro atoms. The number of rotatable bonds is 7. The SMILES string of the molecule is CC(C)NCC(O)COc1cccc(N(C)C)c1. The van der Waals surface area contributed by atoms with Gasteiger partial charge in [-0.15, -0.1) is 0 Å². The fraction of sp³-hybridized carbons (Fsp3) is 0.571. The summed E-state index contributed by atoms with van der Waals surface area (Å²) in [4.78, 5) is 2.02. The van der Waals surface area contributed by atoms with E-state index in [1.54, 1.807) is 0 Å². The highest BCUT2D eigenvalue weighted by Gasteiger charge is 2.06. The third-order valence-corrected chi connectivity index (χ3v) is 2.54. The molecule has 1 atom stereocenters. The number of ether oxygens (including phenoxy) is 1. The summed E-state index contributed by atoms with van der Waals surface area (Å²) >= 11 is 0. The topological polar surface area (TPSA) is 44.7 Å². The Morgan fingerprint density at radius 1 is 1.33 bits per heavy atom. The molecular weight excluding hydrogens is 228 g/mol. The molecule has 0 bridgehead atoms. The van der Waals surface area contributed by atoms with Crippen molar-refractivity contribution in [2.45, 2.75) is 26.0 Å². The summed E-state index contributed by atoms with van der Waals surface area (Å²) in [5.74, 6) is 0.782. The van der Waals surface area contributed by atoms with E-state index in [9.17, 15) is 5.11 Å². The van der Waals surface area contributed by atoms with Crippen molar-refractivity contribution in [3.8, 4) is 5.75 Å². The smallest absolute Gasteiger partial charge is 0.121 e. The van der Waals surface area contributed by atoms with Gasteiger partial charge in [0, 0.05) is 38.4 Å². The zero-order chi connectivity index (χ0) is 13.5. The Hall–Kier alpha value is -1.26. The van der Waals surface area contributed by atoms with Crippen LogP contribution in [0.5, 0.6) is 5.75 Å². The first-order valence-corrected chi connectivity index (χ1v) is 6.30. The monoisotopic (exact) mass is 252 g/mol. The number of benzene rings is 1. The fourth-order valence-electron chi connectivity index (χ4n) is 1.47. The first-order valence-electron chi connectivity index (χ1n) is 6.30. The van der Waals surface area contributed by atoms with Crippen LogP contribution in [0.15, 0.2) is 24.3 Å². The molecule has 0 fully saturated rings. The minimum atomic E-state index is -0.490. The molecule has 0 aliphatic heterocycles. The van der Waals surface area contributed by atoms with E-state index in [1.807, 2.05) is 57.1 Å². The molecule has 0 heterocycles. The molecule has 1 aromatic carbocycles. The van der Waals surface area contributed by atoms with E-state index in [0.29, 0.717) is 19.2 Å². The van der Waals surface area contributed by atoms with Crippen molar-refractivity contribution in [3.05, 3.63) is 24.3 Å². The summed E-state index contributed by atoms with van der Waals surface area (Å²) in [5, 5.41) is 12.9. The molecule has 2 N–H and O–H groups in total. The molecule has 102 valence electrons. The summed E-state index contributed by atoms with van der Waals surface area (Å²) in [6.45, 7) is 4.95. The van der Waals surface area contributed by atoms with E-state index in [-0.39, 0.29) is 0 Å². The van der Waals surface area contributed by atoms with Gasteiger partial charge in [-0.3, -0.25) is 0 Å². The van der Waals surface area contributed by atoms with E-state index in [2.05, 4.69) is 5.32 Å². The normalized spacial score (nSPS) is 12.6. The number of hydrogen-bond donors (Lipinski definition) is 2. The van der Waals surface area contributed by atoms with Crippen molar-refractivity contribution in [2.24, 2.45) is 0 Å². The maximum Gasteiger partial charge on any atom is 0.121 e. The average molecular weight is 252 g/mol. The Bertz CT molecular complexity index is 353. The van der Waals surface area contributed by atoms with E-state index in [1.165, 1.54) is 0 Å². The number of anilines is 1. The average Bonchev–Trinajstić information content (AvgIpc) is 2.34. The van der Waals surface area contributed by atoms with Crippen molar-refractivity contribution in [1.29, 1.82) is 0 Å². The van der Waals surface area contributed by atoms with Gasteiger partial charge in [0.15, 0.2) is 0 Å². The molecule has 0 saturated carbocycles. The van der Waals surface area contributed by atoms with Crippen LogP contribution in [0.4, 0.5) is 5.69 Å². The van der Waals surface area contributed by atoms with Gasteiger partial charge in [-0.25, -0.2) is 0 Å². The number of aliphatic hydroxyl groups excluding tert-OH is 1. The van der Waals surface area contributed by atoms with Gasteiger partial charge in [0.2, 0.25) is 0 Å². The Labute approximate surface area is 110 Å². The van der Waals surface area contributed by atoms with E-state index in [4.69, 9.17) is 4.74 Å². The van der Waals surface area contributed by atoms with Crippen molar-refractivity contribution >= 4 is 5.69 Å². The molecule has 0 radical (unpaired) electrons. The molecule has 0 amide bonds. The lowest BCUT2D eigenvalue weighted by molar-refractivity contribution is 0.104. The molecule has 0 aromatic heterocycles. The number of aliphatic hydroxyl groups is 1. The van der Waals surface area contributed by atoms with Crippen LogP contribution in [0, 0.1) is 0 Å². The Morgan fingerprint density at radius 2 is 2.06 bits per heavy atom. The van der Waals surface area contributed by atoms with Gasteiger partial charge in [0.05, 0.1) is 0 Å². The highest BCUT2D eigenvalue weighted by molar-refractivity contribution is 5.49. The van der Waals surface area contributed by atoms with Crippen LogP contribution < -0.4 is 15.0 Å². The predicted molar refractivity (Wildman–Crippen MR) is 75.4 cm³/mol. The van der Waals surface area contributed by atoms with Crippen LogP contribution in [0.1, 0.15) is 13.8 Å². The second-order valence-corrected chi connectivity index (χ2v) is 4.92. The van der Waals surface area contributed by atoms with Gasteiger partial charge in [-0.05, 0) is 12.1 Å². The van der Waals surface area contributed by atoms with Crippen LogP contribution in [0.25, 0.3) is 0 Å². The molecular formula is C14H24N2O2. The lowest BCUT2D eigenvalue weighted by Gasteiger charge is -2.17. The van der Waals surface area contributed by atoms with E-state index in [0.717, 1.165) is 11.4 Å². The van der Waals surface area contributed by atoms with Crippen LogP contribution >= 0.6 is 0 Å². The van der Waals surface area contributed by atoms with Crippen molar-refractivity contribution in [2.75, 3.05) is 32.1 Å². The summed E-state index contributed by atoms with van der Waals surface area (Å²) in [5.41, 5.74) is 1.09. The molecule has 0 saturated heterocycles. The highest BCUT2D eigenvalue weighted by atomic mass is 16.5. The summed E-state index contributed by atoms with van der Waals surface area (Å²) < 4.78 is 5.57. The molecule has 0 aliphatic rings. The predicted octanol–water partition coefficient (Wildman–Crippen LogP) is 1.49. The minimum Gasteiger partial charge on any atom is -0.491 e. The second-order valence-electron chi connectivity index (χ2n) is 4.92. The quantitative estimate of drug-likeness (QED) is 0.772. The summed E-state index contributed by atoms with van der Waals surface area (Å²) in [6.07, 6.45) is -0.490. The molecule has 4 heteroatoms. The van der Waals surface area contributed by atoms with Crippen LogP contribution in [0.2, 0.25) is 0 Å². The van der Waals surface area contributed by atoms with Crippen molar-refractivity contribution in [3.63, 3.8) is 0 Å². The third kappa shape index (κ3) is 5.38. The van der Waals surface area contributed by atoms with Crippen LogP contribution in [-0.2, 0) is 0 Å². The molecule has 1 unspecified atom stereocenters. The largest absolute Gasteiger partial charge is 0.491 e. The molecule has 1 rings (SSSR count). The Kier molecular flexibility index (Phi) is 5.95. The van der Waals surface area contributed by atoms with Gasteiger partial charge in [0.1, 0.15) is 18.5 Å². The lowest BCUT2D eigenvalue weighted by atomic mass is 10.3. The van der Waals surface area contributed by atoms with Crippen molar-refractivity contribution in [1.82, 2.24) is 5.32 Å². The number of nitrogens with one attached hydrogen (secondary N) is 1. The maximum absolute atomic E-state index is 9.74. The van der Waals surface area contributed by atoms with E-state index < -0.39 is 6.10 Å². The third-order valence-electron chi connectivity index (χ3n) is 2.54. The van der Waals surface area contributed by atoms with Gasteiger partial charge in [-0.2, -0.15) is 0 Å². The first kappa shape index (κ1) is 14.8. The minimum absolute atomic E-state index is 0.302. The van der Waals surface area contributed by atoms with Gasteiger partial charge in [0.25, 0.3) is 0 Å². The Morgan fingerprint density at radius 3 is 2.67 bits per heavy atom. The standard InChI is InChI=1S/C14H24N2O2/c1-11(2)15-9-13(17)10-18-14-7-5-6-12(8-14)16(3)4/h5-8,11,13,15,17H,9-10H2,1-4H3. The van der Waals surface area contributed by atoms with Crippen molar-refractivity contribution < 1.29 is 9.84 Å². The number of hydrogen-bond acceptors (Lipinski definition) is 4. The lowest BCUT2D eigenvalue weighted by Crippen LogP contribution is -2.35. The maximum atomic E-state index is 9.74. The first-order chi connectivity index (χ1) is 8.49. The molecule has 0 aliphatic carbocycles. The Balaban J connectivity index is 2.40. The molecule has 18 heavy (non-hydrogen) atoms. The summed E-state index contributed by atoms with van der Waals surface area (Å²) in [6, 6.07) is 8.20. The zero-order valence-electron chi connectivity index (χ0n) is 11.7. The zero-order valence-corrected chi connectivity index (χ0v) is 11.7. The van der Waals surface area contributed by atoms with Crippen LogP contribution in [0.3, 0.4) is 0 Å². The van der Waals surface area contributed by atoms with Gasteiger partial charge in [-0.1, -0.05) is 19.9 Å². The fourth-order valence-corrected chi connectivity index (χ4v) is 1.47. The highest BCUT2D eigenvalue weighted by Crippen LogP contribution is 2.19. The second kappa shape index (κ2) is 7.24. The van der Waals surface area contributed by atoms with Gasteiger partial charge >= 0.3 is 0 Å². The van der Waals surface area contributed by atoms with Crippen LogP contribution in [-0.4, -0.2) is 44.5 Å². The van der Waals surface area contributed by atoms with E-state index >= 15 is 0 Å².